The Kier molecular flexibility index (Phi) is 4.80. The summed E-state index contributed by atoms with van der Waals surface area (Å²) in [5.41, 5.74) is 1.18. The highest BCUT2D eigenvalue weighted by molar-refractivity contribution is 5.68. The number of hydroxylamine groups is 2. The van der Waals surface area contributed by atoms with Gasteiger partial charge in [-0.2, -0.15) is 5.06 Å². The summed E-state index contributed by atoms with van der Waals surface area (Å²) in [5.74, 6) is 0. The van der Waals surface area contributed by atoms with Crippen molar-refractivity contribution in [3.63, 3.8) is 0 Å². The highest BCUT2D eigenvalue weighted by atomic mass is 16.7. The maximum absolute atomic E-state index is 11.7. The van der Waals surface area contributed by atoms with E-state index in [1.807, 2.05) is 25.1 Å². The molecule has 2 unspecified atom stereocenters. The van der Waals surface area contributed by atoms with Gasteiger partial charge in [-0.1, -0.05) is 43.7 Å². The maximum atomic E-state index is 11.7. The first-order chi connectivity index (χ1) is 9.20. The van der Waals surface area contributed by atoms with E-state index in [0.29, 0.717) is 6.61 Å². The van der Waals surface area contributed by atoms with E-state index in [1.54, 1.807) is 0 Å². The molecule has 4 nitrogen and oxygen atoms in total. The molecule has 0 saturated carbocycles. The molecule has 1 saturated heterocycles. The van der Waals surface area contributed by atoms with Gasteiger partial charge < -0.3 is 4.74 Å². The van der Waals surface area contributed by atoms with E-state index in [4.69, 9.17) is 9.57 Å². The van der Waals surface area contributed by atoms with Gasteiger partial charge in [0.25, 0.3) is 0 Å². The minimum Gasteiger partial charge on any atom is -0.446 e. The van der Waals surface area contributed by atoms with Gasteiger partial charge in [-0.25, -0.2) is 4.79 Å². The first-order valence-corrected chi connectivity index (χ1v) is 6.87. The number of ether oxygens (including phenoxy) is 1. The number of amides is 1. The van der Waals surface area contributed by atoms with Crippen molar-refractivity contribution in [1.29, 1.82) is 0 Å². The normalized spacial score (nSPS) is 20.4. The largest absolute Gasteiger partial charge is 0.446 e. The van der Waals surface area contributed by atoms with Crippen LogP contribution < -0.4 is 0 Å². The molecule has 4 heteroatoms. The zero-order valence-corrected chi connectivity index (χ0v) is 11.5. The molecule has 1 heterocycles. The smallest absolute Gasteiger partial charge is 0.434 e. The van der Waals surface area contributed by atoms with Crippen LogP contribution in [0.5, 0.6) is 0 Å². The predicted octanol–water partition coefficient (Wildman–Crippen LogP) is 3.17. The number of carbonyl (C=O) groups is 1. The number of hydrogen-bond acceptors (Lipinski definition) is 3. The lowest BCUT2D eigenvalue weighted by atomic mass is 10.1. The van der Waals surface area contributed by atoms with Gasteiger partial charge in [0.1, 0.15) is 12.6 Å². The summed E-state index contributed by atoms with van der Waals surface area (Å²) in [6.45, 7) is 4.48. The molecule has 1 aromatic carbocycles. The number of benzene rings is 1. The average Bonchev–Trinajstić information content (AvgIpc) is 2.73. The van der Waals surface area contributed by atoms with Crippen LogP contribution in [0, 0.1) is 0 Å². The monoisotopic (exact) mass is 263 g/mol. The summed E-state index contributed by atoms with van der Waals surface area (Å²) in [4.78, 5) is 17.4. The summed E-state index contributed by atoms with van der Waals surface area (Å²) in [6, 6.07) is 10.1. The van der Waals surface area contributed by atoms with Gasteiger partial charge >= 0.3 is 6.09 Å². The molecule has 19 heavy (non-hydrogen) atoms. The number of nitrogens with zero attached hydrogens (tertiary/aromatic N) is 1. The summed E-state index contributed by atoms with van der Waals surface area (Å²) in [5, 5.41) is 1.41. The van der Waals surface area contributed by atoms with E-state index in [-0.39, 0.29) is 18.2 Å². The molecule has 0 radical (unpaired) electrons. The Morgan fingerprint density at radius 3 is 2.84 bits per heavy atom. The molecule has 0 spiro atoms. The fourth-order valence-corrected chi connectivity index (χ4v) is 2.26. The van der Waals surface area contributed by atoms with E-state index in [0.717, 1.165) is 19.3 Å². The third kappa shape index (κ3) is 3.70. The minimum absolute atomic E-state index is 0.0331. The van der Waals surface area contributed by atoms with Gasteiger partial charge in [-0.05, 0) is 25.3 Å². The van der Waals surface area contributed by atoms with Gasteiger partial charge in [0.2, 0.25) is 0 Å². The van der Waals surface area contributed by atoms with Crippen LogP contribution in [-0.2, 0) is 16.0 Å². The fourth-order valence-electron chi connectivity index (χ4n) is 2.26. The molecular weight excluding hydrogens is 242 g/mol. The molecular formula is C15H21NO3. The van der Waals surface area contributed by atoms with Crippen molar-refractivity contribution in [1.82, 2.24) is 5.06 Å². The van der Waals surface area contributed by atoms with Gasteiger partial charge in [0.05, 0.1) is 6.10 Å². The van der Waals surface area contributed by atoms with Gasteiger partial charge in [-0.15, -0.1) is 0 Å². The fraction of sp³-hybridized carbons (Fsp3) is 0.533. The van der Waals surface area contributed by atoms with Crippen molar-refractivity contribution in [3.8, 4) is 0 Å². The molecule has 0 N–H and O–H groups in total. The Morgan fingerprint density at radius 2 is 2.16 bits per heavy atom. The average molecular weight is 263 g/mol. The summed E-state index contributed by atoms with van der Waals surface area (Å²) in [6.07, 6.45) is 2.39. The number of cyclic esters (lactones) is 1. The Labute approximate surface area is 114 Å². The number of rotatable bonds is 6. The molecule has 0 bridgehead atoms. The number of hydrogen-bond donors (Lipinski definition) is 0. The molecule has 2 rings (SSSR count). The summed E-state index contributed by atoms with van der Waals surface area (Å²) >= 11 is 0. The molecule has 1 aliphatic rings. The van der Waals surface area contributed by atoms with Crippen LogP contribution in [0.1, 0.15) is 32.3 Å². The zero-order valence-electron chi connectivity index (χ0n) is 11.5. The SMILES string of the molecule is CCCC(C)ON1C(=O)OCC1Cc1ccccc1. The summed E-state index contributed by atoms with van der Waals surface area (Å²) in [7, 11) is 0. The highest BCUT2D eigenvalue weighted by Crippen LogP contribution is 2.19. The second kappa shape index (κ2) is 6.57. The molecule has 2 atom stereocenters. The second-order valence-corrected chi connectivity index (χ2v) is 4.95. The minimum atomic E-state index is -0.371. The van der Waals surface area contributed by atoms with E-state index in [2.05, 4.69) is 19.1 Å². The van der Waals surface area contributed by atoms with E-state index in [1.165, 1.54) is 10.6 Å². The van der Waals surface area contributed by atoms with Crippen molar-refractivity contribution in [2.75, 3.05) is 6.61 Å². The second-order valence-electron chi connectivity index (χ2n) is 4.95. The molecule has 1 aliphatic heterocycles. The van der Waals surface area contributed by atoms with Gasteiger partial charge in [-0.3, -0.25) is 4.84 Å². The molecule has 1 fully saturated rings. The van der Waals surface area contributed by atoms with Crippen molar-refractivity contribution in [3.05, 3.63) is 35.9 Å². The summed E-state index contributed by atoms with van der Waals surface area (Å²) < 4.78 is 5.09. The van der Waals surface area contributed by atoms with Crippen LogP contribution in [0.15, 0.2) is 30.3 Å². The van der Waals surface area contributed by atoms with Crippen LogP contribution >= 0.6 is 0 Å². The Bertz CT molecular complexity index is 407. The molecule has 0 aromatic heterocycles. The molecule has 0 aliphatic carbocycles. The van der Waals surface area contributed by atoms with Crippen LogP contribution in [0.25, 0.3) is 0 Å². The molecule has 104 valence electrons. The first-order valence-electron chi connectivity index (χ1n) is 6.87. The number of carbonyl (C=O) groups excluding carboxylic acids is 1. The van der Waals surface area contributed by atoms with Crippen molar-refractivity contribution < 1.29 is 14.4 Å². The van der Waals surface area contributed by atoms with Crippen LogP contribution in [0.4, 0.5) is 4.79 Å². The first kappa shape index (κ1) is 13.9. The maximum Gasteiger partial charge on any atom is 0.434 e. The third-order valence-electron chi connectivity index (χ3n) is 3.21. The van der Waals surface area contributed by atoms with E-state index < -0.39 is 0 Å². The van der Waals surface area contributed by atoms with Crippen LogP contribution in [-0.4, -0.2) is 29.9 Å². The third-order valence-corrected chi connectivity index (χ3v) is 3.21. The van der Waals surface area contributed by atoms with Crippen LogP contribution in [0.2, 0.25) is 0 Å². The Balaban J connectivity index is 1.97. The topological polar surface area (TPSA) is 38.8 Å². The molecule has 1 amide bonds. The van der Waals surface area contributed by atoms with E-state index in [9.17, 15) is 4.79 Å². The lowest BCUT2D eigenvalue weighted by Crippen LogP contribution is -2.37. The van der Waals surface area contributed by atoms with Crippen molar-refractivity contribution in [2.45, 2.75) is 45.3 Å². The van der Waals surface area contributed by atoms with Crippen molar-refractivity contribution >= 4 is 6.09 Å². The zero-order chi connectivity index (χ0) is 13.7. The lowest BCUT2D eigenvalue weighted by molar-refractivity contribution is -0.167. The van der Waals surface area contributed by atoms with E-state index >= 15 is 0 Å². The molecule has 1 aromatic rings. The standard InChI is InChI=1S/C15H21NO3/c1-3-7-12(2)19-16-14(11-18-15(16)17)10-13-8-5-4-6-9-13/h4-6,8-9,12,14H,3,7,10-11H2,1-2H3. The van der Waals surface area contributed by atoms with Gasteiger partial charge in [0, 0.05) is 0 Å². The quantitative estimate of drug-likeness (QED) is 0.791. The van der Waals surface area contributed by atoms with Crippen molar-refractivity contribution in [2.24, 2.45) is 0 Å². The predicted molar refractivity (Wildman–Crippen MR) is 72.6 cm³/mol. The lowest BCUT2D eigenvalue weighted by Gasteiger charge is -2.24. The highest BCUT2D eigenvalue weighted by Gasteiger charge is 2.35. The Morgan fingerprint density at radius 1 is 1.42 bits per heavy atom. The van der Waals surface area contributed by atoms with Gasteiger partial charge in [0.15, 0.2) is 0 Å². The van der Waals surface area contributed by atoms with Crippen LogP contribution in [0.3, 0.4) is 0 Å². The Hall–Kier alpha value is -1.55.